The number of benzene rings is 2. The summed E-state index contributed by atoms with van der Waals surface area (Å²) in [5.74, 6) is -0.0317. The summed E-state index contributed by atoms with van der Waals surface area (Å²) in [4.78, 5) is 19.2. The quantitative estimate of drug-likeness (QED) is 0.519. The molecule has 5 heteroatoms. The molecule has 29 heavy (non-hydrogen) atoms. The van der Waals surface area contributed by atoms with E-state index in [1.807, 2.05) is 24.3 Å². The van der Waals surface area contributed by atoms with Gasteiger partial charge in [-0.2, -0.15) is 0 Å². The number of fused-ring (bicyclic) bond motifs is 3. The number of nitrogens with zero attached hydrogens (tertiary/aromatic N) is 2. The molecule has 2 heterocycles. The first kappa shape index (κ1) is 18.6. The Bertz CT molecular complexity index is 1080. The maximum Gasteiger partial charge on any atom is 0.254 e. The van der Waals surface area contributed by atoms with Gasteiger partial charge < -0.3 is 4.90 Å². The first-order chi connectivity index (χ1) is 14.1. The lowest BCUT2D eigenvalue weighted by Gasteiger charge is -2.33. The lowest BCUT2D eigenvalue weighted by molar-refractivity contribution is 0.0484. The lowest BCUT2D eigenvalue weighted by atomic mass is 9.92. The minimum absolute atomic E-state index is 0.0317. The Balaban J connectivity index is 1.56. The number of pyridine rings is 1. The number of rotatable bonds is 3. The number of amides is 1. The van der Waals surface area contributed by atoms with E-state index in [0.717, 1.165) is 52.3 Å². The summed E-state index contributed by atoms with van der Waals surface area (Å²) in [6.45, 7) is 0.503. The monoisotopic (exact) mass is 408 g/mol. The second-order valence-electron chi connectivity index (χ2n) is 8.07. The molecular formula is C24H22ClFN2O. The molecule has 0 N–H and O–H groups in total. The smallest absolute Gasteiger partial charge is 0.254 e. The Morgan fingerprint density at radius 1 is 1.10 bits per heavy atom. The van der Waals surface area contributed by atoms with Gasteiger partial charge in [-0.1, -0.05) is 54.8 Å². The maximum absolute atomic E-state index is 14.6. The van der Waals surface area contributed by atoms with Gasteiger partial charge in [0.15, 0.2) is 0 Å². The Kier molecular flexibility index (Phi) is 4.75. The molecule has 1 unspecified atom stereocenters. The Hall–Kier alpha value is -2.46. The molecule has 148 valence electrons. The van der Waals surface area contributed by atoms with Crippen LogP contribution in [0.25, 0.3) is 10.8 Å². The molecular weight excluding hydrogens is 387 g/mol. The second kappa shape index (κ2) is 7.42. The molecule has 3 nitrogen and oxygen atoms in total. The van der Waals surface area contributed by atoms with E-state index >= 15 is 0 Å². The van der Waals surface area contributed by atoms with E-state index < -0.39 is 6.17 Å². The number of alkyl halides is 1. The van der Waals surface area contributed by atoms with Gasteiger partial charge in [0.25, 0.3) is 5.91 Å². The van der Waals surface area contributed by atoms with Crippen molar-refractivity contribution in [3.8, 4) is 0 Å². The van der Waals surface area contributed by atoms with Crippen LogP contribution in [-0.2, 0) is 13.0 Å². The van der Waals surface area contributed by atoms with Gasteiger partial charge in [-0.05, 0) is 58.9 Å². The predicted octanol–water partition coefficient (Wildman–Crippen LogP) is 5.72. The average molecular weight is 409 g/mol. The highest BCUT2D eigenvalue weighted by Gasteiger charge is 2.39. The Labute approximate surface area is 174 Å². The normalized spacial score (nSPS) is 21.6. The zero-order valence-corrected chi connectivity index (χ0v) is 16.8. The van der Waals surface area contributed by atoms with Crippen molar-refractivity contribution in [3.63, 3.8) is 0 Å². The molecule has 2 aliphatic rings. The minimum atomic E-state index is -0.923. The topological polar surface area (TPSA) is 33.2 Å². The molecule has 5 rings (SSSR count). The number of hydrogen-bond acceptors (Lipinski definition) is 2. The molecule has 1 aliphatic carbocycles. The third kappa shape index (κ3) is 3.29. The summed E-state index contributed by atoms with van der Waals surface area (Å²) in [7, 11) is 0. The van der Waals surface area contributed by atoms with Gasteiger partial charge in [-0.3, -0.25) is 4.79 Å². The fraction of sp³-hybridized carbons (Fsp3) is 0.333. The van der Waals surface area contributed by atoms with Crippen LogP contribution in [0.5, 0.6) is 0 Å². The summed E-state index contributed by atoms with van der Waals surface area (Å²) < 4.78 is 14.6. The van der Waals surface area contributed by atoms with Crippen LogP contribution in [0.4, 0.5) is 4.39 Å². The van der Waals surface area contributed by atoms with Gasteiger partial charge in [-0.15, -0.1) is 0 Å². The van der Waals surface area contributed by atoms with Crippen LogP contribution in [0.3, 0.4) is 0 Å². The largest absolute Gasteiger partial charge is 0.328 e. The fourth-order valence-corrected chi connectivity index (χ4v) is 4.94. The Morgan fingerprint density at radius 3 is 2.66 bits per heavy atom. The zero-order valence-electron chi connectivity index (χ0n) is 16.1. The van der Waals surface area contributed by atoms with Gasteiger partial charge in [-0.25, -0.2) is 9.37 Å². The van der Waals surface area contributed by atoms with E-state index in [1.54, 1.807) is 17.2 Å². The molecule has 1 saturated carbocycles. The first-order valence-electron chi connectivity index (χ1n) is 10.2. The van der Waals surface area contributed by atoms with Crippen LogP contribution < -0.4 is 0 Å². The molecule has 1 aliphatic heterocycles. The van der Waals surface area contributed by atoms with Crippen LogP contribution in [0.2, 0.25) is 5.15 Å². The standard InChI is InChI=1S/C24H22ClFN2O/c25-23-10-9-15(13-27-23)11-16-12-19-20(18-6-2-1-5-17(16)18)14-28(24(19)29)22-8-4-3-7-21(22)26/h1-2,5-6,9-10,12-13,21-22H,3-4,7-8,11,14H2/t21?,22-/m0/s1. The fourth-order valence-electron chi connectivity index (χ4n) is 4.83. The summed E-state index contributed by atoms with van der Waals surface area (Å²) >= 11 is 5.92. The Morgan fingerprint density at radius 2 is 1.90 bits per heavy atom. The highest BCUT2D eigenvalue weighted by Crippen LogP contribution is 2.37. The van der Waals surface area contributed by atoms with Crippen LogP contribution in [0.1, 0.15) is 52.7 Å². The van der Waals surface area contributed by atoms with Crippen LogP contribution in [0, 0.1) is 0 Å². The highest BCUT2D eigenvalue weighted by atomic mass is 35.5. The molecule has 0 bridgehead atoms. The minimum Gasteiger partial charge on any atom is -0.328 e. The van der Waals surface area contributed by atoms with Crippen molar-refractivity contribution in [2.24, 2.45) is 0 Å². The van der Waals surface area contributed by atoms with E-state index in [4.69, 9.17) is 11.6 Å². The van der Waals surface area contributed by atoms with Crippen LogP contribution >= 0.6 is 11.6 Å². The van der Waals surface area contributed by atoms with Gasteiger partial charge >= 0.3 is 0 Å². The number of carbonyl (C=O) groups excluding carboxylic acids is 1. The number of carbonyl (C=O) groups is 1. The van der Waals surface area contributed by atoms with Gasteiger partial charge in [0, 0.05) is 18.3 Å². The van der Waals surface area contributed by atoms with Crippen molar-refractivity contribution in [2.75, 3.05) is 0 Å². The van der Waals surface area contributed by atoms with Crippen LogP contribution in [0.15, 0.2) is 48.7 Å². The number of aromatic nitrogens is 1. The summed E-state index contributed by atoms with van der Waals surface area (Å²) in [6, 6.07) is 13.6. The summed E-state index contributed by atoms with van der Waals surface area (Å²) in [5.41, 5.74) is 3.87. The van der Waals surface area contributed by atoms with E-state index in [-0.39, 0.29) is 11.9 Å². The average Bonchev–Trinajstić information content (AvgIpc) is 3.07. The van der Waals surface area contributed by atoms with Crippen molar-refractivity contribution >= 4 is 28.3 Å². The number of hydrogen-bond donors (Lipinski definition) is 0. The second-order valence-corrected chi connectivity index (χ2v) is 8.46. The van der Waals surface area contributed by atoms with E-state index in [0.29, 0.717) is 24.5 Å². The van der Waals surface area contributed by atoms with Gasteiger partial charge in [0.1, 0.15) is 11.3 Å². The molecule has 0 spiro atoms. The van der Waals surface area contributed by atoms with Gasteiger partial charge in [0.2, 0.25) is 0 Å². The van der Waals surface area contributed by atoms with Crippen molar-refractivity contribution in [3.05, 3.63) is 76.1 Å². The third-order valence-corrected chi connectivity index (χ3v) is 6.52. The maximum atomic E-state index is 14.6. The lowest BCUT2D eigenvalue weighted by Crippen LogP contribution is -2.43. The first-order valence-corrected chi connectivity index (χ1v) is 10.6. The summed E-state index contributed by atoms with van der Waals surface area (Å²) in [6.07, 6.45) is 4.72. The molecule has 1 fully saturated rings. The van der Waals surface area contributed by atoms with E-state index in [9.17, 15) is 9.18 Å². The van der Waals surface area contributed by atoms with Crippen molar-refractivity contribution in [2.45, 2.75) is 50.9 Å². The van der Waals surface area contributed by atoms with Crippen molar-refractivity contribution in [1.82, 2.24) is 9.88 Å². The van der Waals surface area contributed by atoms with Crippen molar-refractivity contribution in [1.29, 1.82) is 0 Å². The van der Waals surface area contributed by atoms with Gasteiger partial charge in [0.05, 0.1) is 6.04 Å². The molecule has 3 aromatic rings. The summed E-state index contributed by atoms with van der Waals surface area (Å²) in [5, 5.41) is 2.69. The third-order valence-electron chi connectivity index (χ3n) is 6.29. The zero-order chi connectivity index (χ0) is 20.0. The molecule has 0 radical (unpaired) electrons. The van der Waals surface area contributed by atoms with Crippen LogP contribution in [-0.4, -0.2) is 28.0 Å². The predicted molar refractivity (Wildman–Crippen MR) is 113 cm³/mol. The molecule has 2 aromatic carbocycles. The highest BCUT2D eigenvalue weighted by molar-refractivity contribution is 6.29. The molecule has 2 atom stereocenters. The SMILES string of the molecule is O=C1c2cc(Cc3ccc(Cl)nc3)c3ccccc3c2CN1[C@H]1CCCCC1F. The molecule has 1 amide bonds. The van der Waals surface area contributed by atoms with E-state index in [1.165, 1.54) is 0 Å². The van der Waals surface area contributed by atoms with E-state index in [2.05, 4.69) is 17.1 Å². The van der Waals surface area contributed by atoms with Crippen molar-refractivity contribution < 1.29 is 9.18 Å². The molecule has 1 aromatic heterocycles. The number of halogens is 2. The molecule has 0 saturated heterocycles.